The van der Waals surface area contributed by atoms with Gasteiger partial charge in [0.15, 0.2) is 11.5 Å². The van der Waals surface area contributed by atoms with Crippen LogP contribution in [0.3, 0.4) is 0 Å². The first-order valence-electron chi connectivity index (χ1n) is 6.93. The third-order valence-corrected chi connectivity index (χ3v) is 6.25. The first-order chi connectivity index (χ1) is 10.2. The highest BCUT2D eigenvalue weighted by Gasteiger charge is 2.30. The average molecular weight is 430 g/mol. The van der Waals surface area contributed by atoms with Crippen LogP contribution in [0.5, 0.6) is 11.5 Å². The summed E-state index contributed by atoms with van der Waals surface area (Å²) in [6, 6.07) is 3.13. The number of rotatable bonds is 5. The van der Waals surface area contributed by atoms with Gasteiger partial charge in [0.05, 0.1) is 0 Å². The minimum Gasteiger partial charge on any atom is -0.486 e. The van der Waals surface area contributed by atoms with Crippen molar-refractivity contribution in [3.05, 3.63) is 16.6 Å². The second-order valence-corrected chi connectivity index (χ2v) is 8.92. The normalized spacial score (nSPS) is 14.5. The molecule has 2 N–H and O–H groups in total. The molecule has 9 heteroatoms. The topological polar surface area (TPSA) is 81.9 Å². The summed E-state index contributed by atoms with van der Waals surface area (Å²) < 4.78 is 38.3. The number of sulfonamides is 1. The van der Waals surface area contributed by atoms with Gasteiger partial charge >= 0.3 is 0 Å². The molecule has 1 aromatic rings. The molecule has 0 atom stereocenters. The molecule has 0 unspecified atom stereocenters. The van der Waals surface area contributed by atoms with Crippen molar-refractivity contribution in [2.45, 2.75) is 18.7 Å². The van der Waals surface area contributed by atoms with E-state index in [1.165, 1.54) is 10.4 Å². The summed E-state index contributed by atoms with van der Waals surface area (Å²) in [5.74, 6) is 0.988. The van der Waals surface area contributed by atoms with Gasteiger partial charge in [-0.15, -0.1) is 12.4 Å². The predicted molar refractivity (Wildman–Crippen MR) is 95.0 cm³/mol. The summed E-state index contributed by atoms with van der Waals surface area (Å²) in [5.41, 5.74) is 5.39. The zero-order valence-electron chi connectivity index (χ0n) is 13.3. The van der Waals surface area contributed by atoms with E-state index in [1.54, 1.807) is 13.1 Å². The van der Waals surface area contributed by atoms with Crippen LogP contribution in [0, 0.1) is 5.41 Å². The Morgan fingerprint density at radius 1 is 1.26 bits per heavy atom. The van der Waals surface area contributed by atoms with Crippen LogP contribution in [0.25, 0.3) is 0 Å². The molecule has 6 nitrogen and oxygen atoms in total. The van der Waals surface area contributed by atoms with Crippen LogP contribution < -0.4 is 15.2 Å². The van der Waals surface area contributed by atoms with E-state index in [0.29, 0.717) is 42.3 Å². The van der Waals surface area contributed by atoms with Gasteiger partial charge in [0.2, 0.25) is 10.0 Å². The molecule has 1 aliphatic rings. The summed E-state index contributed by atoms with van der Waals surface area (Å²) in [6.45, 7) is 5.44. The molecule has 0 aromatic heterocycles. The minimum atomic E-state index is -3.65. The second-order valence-electron chi connectivity index (χ2n) is 6.06. The number of nitrogens with two attached hydrogens (primary N) is 1. The first kappa shape index (κ1) is 20.5. The zero-order chi connectivity index (χ0) is 16.5. The molecule has 23 heavy (non-hydrogen) atoms. The molecule has 0 radical (unpaired) electrons. The van der Waals surface area contributed by atoms with Crippen molar-refractivity contribution in [1.29, 1.82) is 0 Å². The van der Waals surface area contributed by atoms with Crippen molar-refractivity contribution >= 4 is 38.4 Å². The van der Waals surface area contributed by atoms with Gasteiger partial charge in [-0.05, 0) is 34.0 Å². The fourth-order valence-corrected chi connectivity index (χ4v) is 4.52. The molecule has 0 spiro atoms. The van der Waals surface area contributed by atoms with Crippen molar-refractivity contribution < 1.29 is 17.9 Å². The Hall–Kier alpha value is -0.540. The third kappa shape index (κ3) is 4.51. The SMILES string of the molecule is CN(CC(C)(C)CN)S(=O)(=O)c1cc2c(cc1Br)OCCO2.Cl. The van der Waals surface area contributed by atoms with Gasteiger partial charge in [-0.3, -0.25) is 0 Å². The number of fused-ring (bicyclic) bond motifs is 1. The highest BCUT2D eigenvalue weighted by molar-refractivity contribution is 9.10. The Bertz CT molecular complexity index is 667. The van der Waals surface area contributed by atoms with Gasteiger partial charge in [0.25, 0.3) is 0 Å². The molecule has 1 aliphatic heterocycles. The highest BCUT2D eigenvalue weighted by Crippen LogP contribution is 2.38. The number of benzene rings is 1. The van der Waals surface area contributed by atoms with Gasteiger partial charge < -0.3 is 15.2 Å². The van der Waals surface area contributed by atoms with Crippen LogP contribution in [-0.2, 0) is 10.0 Å². The molecule has 0 amide bonds. The molecule has 2 rings (SSSR count). The quantitative estimate of drug-likeness (QED) is 0.776. The number of ether oxygens (including phenoxy) is 2. The Morgan fingerprint density at radius 3 is 2.30 bits per heavy atom. The summed E-state index contributed by atoms with van der Waals surface area (Å²) in [4.78, 5) is 0.159. The maximum Gasteiger partial charge on any atom is 0.244 e. The lowest BCUT2D eigenvalue weighted by atomic mass is 9.94. The molecule has 0 bridgehead atoms. The van der Waals surface area contributed by atoms with Crippen molar-refractivity contribution in [2.75, 3.05) is 33.4 Å². The summed E-state index contributed by atoms with van der Waals surface area (Å²) in [6.07, 6.45) is 0. The van der Waals surface area contributed by atoms with Crippen molar-refractivity contribution in [3.63, 3.8) is 0 Å². The summed E-state index contributed by atoms with van der Waals surface area (Å²) in [5, 5.41) is 0. The fourth-order valence-electron chi connectivity index (χ4n) is 2.16. The molecule has 132 valence electrons. The number of nitrogens with zero attached hydrogens (tertiary/aromatic N) is 1. The smallest absolute Gasteiger partial charge is 0.244 e. The lowest BCUT2D eigenvalue weighted by Crippen LogP contribution is -2.39. The Kier molecular flexibility index (Phi) is 6.74. The van der Waals surface area contributed by atoms with E-state index in [0.717, 1.165) is 0 Å². The van der Waals surface area contributed by atoms with Crippen molar-refractivity contribution in [2.24, 2.45) is 11.1 Å². The molecule has 0 fully saturated rings. The summed E-state index contributed by atoms with van der Waals surface area (Å²) >= 11 is 3.31. The van der Waals surface area contributed by atoms with E-state index >= 15 is 0 Å². The van der Waals surface area contributed by atoms with E-state index in [2.05, 4.69) is 15.9 Å². The van der Waals surface area contributed by atoms with Gasteiger partial charge in [0, 0.05) is 24.1 Å². The van der Waals surface area contributed by atoms with Crippen molar-refractivity contribution in [1.82, 2.24) is 4.31 Å². The Balaban J connectivity index is 0.00000264. The second kappa shape index (κ2) is 7.57. The van der Waals surface area contributed by atoms with Crippen LogP contribution in [0.4, 0.5) is 0 Å². The largest absolute Gasteiger partial charge is 0.486 e. The maximum atomic E-state index is 12.8. The van der Waals surface area contributed by atoms with Gasteiger partial charge in [0.1, 0.15) is 18.1 Å². The summed E-state index contributed by atoms with van der Waals surface area (Å²) in [7, 11) is -2.10. The molecular weight excluding hydrogens is 408 g/mol. The molecule has 1 heterocycles. The lowest BCUT2D eigenvalue weighted by molar-refractivity contribution is 0.171. The van der Waals surface area contributed by atoms with Gasteiger partial charge in [-0.25, -0.2) is 12.7 Å². The maximum absolute atomic E-state index is 12.8. The van der Waals surface area contributed by atoms with Crippen molar-refractivity contribution in [3.8, 4) is 11.5 Å². The molecule has 0 saturated carbocycles. The molecule has 0 aliphatic carbocycles. The molecule has 0 saturated heterocycles. The fraction of sp³-hybridized carbons (Fsp3) is 0.571. The first-order valence-corrected chi connectivity index (χ1v) is 9.16. The van der Waals surface area contributed by atoms with Crippen LogP contribution in [-0.4, -0.2) is 46.1 Å². The monoisotopic (exact) mass is 428 g/mol. The van der Waals surface area contributed by atoms with E-state index in [1.807, 2.05) is 13.8 Å². The number of halogens is 2. The predicted octanol–water partition coefficient (Wildman–Crippen LogP) is 2.25. The van der Waals surface area contributed by atoms with E-state index in [4.69, 9.17) is 15.2 Å². The lowest BCUT2D eigenvalue weighted by Gasteiger charge is -2.29. The van der Waals surface area contributed by atoms with Gasteiger partial charge in [-0.1, -0.05) is 13.8 Å². The number of hydrogen-bond acceptors (Lipinski definition) is 5. The zero-order valence-corrected chi connectivity index (χ0v) is 16.6. The van der Waals surface area contributed by atoms with E-state index < -0.39 is 10.0 Å². The minimum absolute atomic E-state index is 0. The third-order valence-electron chi connectivity index (χ3n) is 3.49. The van der Waals surface area contributed by atoms with Gasteiger partial charge in [-0.2, -0.15) is 0 Å². The van der Waals surface area contributed by atoms with Crippen LogP contribution in [0.2, 0.25) is 0 Å². The van der Waals surface area contributed by atoms with Crippen LogP contribution in [0.15, 0.2) is 21.5 Å². The Morgan fingerprint density at radius 2 is 1.78 bits per heavy atom. The Labute approximate surface area is 151 Å². The van der Waals surface area contributed by atoms with E-state index in [9.17, 15) is 8.42 Å². The molecule has 1 aromatic carbocycles. The average Bonchev–Trinajstić information content (AvgIpc) is 2.45. The molecular formula is C14H22BrClN2O4S. The van der Waals surface area contributed by atoms with E-state index in [-0.39, 0.29) is 22.7 Å². The highest BCUT2D eigenvalue weighted by atomic mass is 79.9. The van der Waals surface area contributed by atoms with Crippen LogP contribution >= 0.6 is 28.3 Å². The van der Waals surface area contributed by atoms with Crippen LogP contribution in [0.1, 0.15) is 13.8 Å². The standard InChI is InChI=1S/C14H21BrN2O4S.ClH/c1-14(2,8-16)9-17(3)22(18,19)13-7-12-11(6-10(13)15)20-4-5-21-12;/h6-7H,4-5,8-9,16H2,1-3H3;1H. The number of hydrogen-bond donors (Lipinski definition) is 1.